The van der Waals surface area contributed by atoms with E-state index in [2.05, 4.69) is 35.2 Å². The Bertz CT molecular complexity index is 982. The van der Waals surface area contributed by atoms with E-state index in [9.17, 15) is 9.59 Å². The minimum Gasteiger partial charge on any atom is -0.310 e. The number of carbonyl (C=O) groups excluding carboxylic acids is 2. The molecule has 5 rings (SSSR count). The molecular formula is C24H29N5O2. The molecule has 3 heterocycles. The van der Waals surface area contributed by atoms with E-state index in [0.717, 1.165) is 0 Å². The monoisotopic (exact) mass is 419 g/mol. The van der Waals surface area contributed by atoms with Crippen molar-refractivity contribution >= 4 is 23.6 Å². The van der Waals surface area contributed by atoms with Gasteiger partial charge < -0.3 is 10.2 Å². The Morgan fingerprint density at radius 3 is 2.48 bits per heavy atom. The molecule has 2 aromatic heterocycles. The zero-order valence-corrected chi connectivity index (χ0v) is 18.1. The molecular weight excluding hydrogens is 390 g/mol. The summed E-state index contributed by atoms with van der Waals surface area (Å²) in [5, 5.41) is 2.88. The topological polar surface area (TPSA) is 78.4 Å². The van der Waals surface area contributed by atoms with Crippen LogP contribution in [0.1, 0.15) is 62.5 Å². The standard InChI is InChI=1S/C24H29N5O2/c1-15(2)20-13-29(22-8-7-19(12-26-22)17-5-6-17)24(31)28(20)14-23(30)27-21-11-18(9-10-25-21)16-3-4-16/h7-12,15-17,20H,3-6,13-14H2,1-2H3,(H,25,27,30)/t20-/m1/s1. The Balaban J connectivity index is 1.28. The van der Waals surface area contributed by atoms with Gasteiger partial charge in [-0.2, -0.15) is 0 Å². The van der Waals surface area contributed by atoms with E-state index < -0.39 is 0 Å². The van der Waals surface area contributed by atoms with E-state index in [1.165, 1.54) is 36.8 Å². The van der Waals surface area contributed by atoms with E-state index >= 15 is 0 Å². The summed E-state index contributed by atoms with van der Waals surface area (Å²) >= 11 is 0. The highest BCUT2D eigenvalue weighted by Gasteiger charge is 2.41. The maximum absolute atomic E-state index is 13.2. The number of nitrogens with zero attached hydrogens (tertiary/aromatic N) is 4. The second-order valence-electron chi connectivity index (χ2n) is 9.35. The lowest BCUT2D eigenvalue weighted by molar-refractivity contribution is -0.117. The van der Waals surface area contributed by atoms with Gasteiger partial charge in [0.05, 0.1) is 6.04 Å². The first-order chi connectivity index (χ1) is 15.0. The van der Waals surface area contributed by atoms with Crippen molar-refractivity contribution in [3.8, 4) is 0 Å². The molecule has 2 aromatic rings. The van der Waals surface area contributed by atoms with Crippen LogP contribution in [0.25, 0.3) is 0 Å². The fourth-order valence-corrected chi connectivity index (χ4v) is 4.35. The molecule has 0 aromatic carbocycles. The van der Waals surface area contributed by atoms with Gasteiger partial charge in [0, 0.05) is 18.9 Å². The number of urea groups is 1. The summed E-state index contributed by atoms with van der Waals surface area (Å²) in [7, 11) is 0. The highest BCUT2D eigenvalue weighted by Crippen LogP contribution is 2.41. The number of hydrogen-bond donors (Lipinski definition) is 1. The molecule has 162 valence electrons. The Morgan fingerprint density at radius 1 is 1.10 bits per heavy atom. The summed E-state index contributed by atoms with van der Waals surface area (Å²) in [5.74, 6) is 2.43. The van der Waals surface area contributed by atoms with Crippen molar-refractivity contribution in [1.29, 1.82) is 0 Å². The Morgan fingerprint density at radius 2 is 1.84 bits per heavy atom. The van der Waals surface area contributed by atoms with Crippen LogP contribution in [-0.2, 0) is 4.79 Å². The second kappa shape index (κ2) is 7.94. The normalized spacial score (nSPS) is 21.1. The lowest BCUT2D eigenvalue weighted by Gasteiger charge is -2.25. The molecule has 3 aliphatic rings. The van der Waals surface area contributed by atoms with Crippen LogP contribution in [0.3, 0.4) is 0 Å². The molecule has 31 heavy (non-hydrogen) atoms. The molecule has 1 atom stereocenters. The van der Waals surface area contributed by atoms with E-state index in [4.69, 9.17) is 0 Å². The molecule has 2 aliphatic carbocycles. The van der Waals surface area contributed by atoms with Crippen LogP contribution in [0.15, 0.2) is 36.7 Å². The summed E-state index contributed by atoms with van der Waals surface area (Å²) in [6, 6.07) is 7.74. The van der Waals surface area contributed by atoms with Crippen molar-refractivity contribution < 1.29 is 9.59 Å². The van der Waals surface area contributed by atoms with E-state index in [1.807, 2.05) is 24.4 Å². The first-order valence-electron chi connectivity index (χ1n) is 11.3. The second-order valence-corrected chi connectivity index (χ2v) is 9.35. The van der Waals surface area contributed by atoms with Gasteiger partial charge in [0.1, 0.15) is 18.2 Å². The Labute approximate surface area is 182 Å². The van der Waals surface area contributed by atoms with Crippen LogP contribution < -0.4 is 10.2 Å². The maximum Gasteiger partial charge on any atom is 0.326 e. The van der Waals surface area contributed by atoms with Crippen LogP contribution in [0.4, 0.5) is 16.4 Å². The largest absolute Gasteiger partial charge is 0.326 e. The van der Waals surface area contributed by atoms with Gasteiger partial charge in [-0.15, -0.1) is 0 Å². The molecule has 1 aliphatic heterocycles. The number of hydrogen-bond acceptors (Lipinski definition) is 4. The Hall–Kier alpha value is -2.96. The number of rotatable bonds is 7. The van der Waals surface area contributed by atoms with Gasteiger partial charge in [0.25, 0.3) is 0 Å². The number of pyridine rings is 2. The first-order valence-corrected chi connectivity index (χ1v) is 11.3. The number of anilines is 2. The van der Waals surface area contributed by atoms with Crippen LogP contribution in [0.2, 0.25) is 0 Å². The molecule has 0 bridgehead atoms. The molecule has 1 N–H and O–H groups in total. The van der Waals surface area contributed by atoms with Crippen molar-refractivity contribution in [3.63, 3.8) is 0 Å². The summed E-state index contributed by atoms with van der Waals surface area (Å²) in [5.41, 5.74) is 2.46. The number of aromatic nitrogens is 2. The highest BCUT2D eigenvalue weighted by molar-refractivity contribution is 5.99. The predicted octanol–water partition coefficient (Wildman–Crippen LogP) is 4.14. The smallest absolute Gasteiger partial charge is 0.310 e. The molecule has 7 nitrogen and oxygen atoms in total. The lowest BCUT2D eigenvalue weighted by Crippen LogP contribution is -2.42. The first kappa shape index (κ1) is 20.0. The van der Waals surface area contributed by atoms with Crippen molar-refractivity contribution in [1.82, 2.24) is 14.9 Å². The van der Waals surface area contributed by atoms with Gasteiger partial charge >= 0.3 is 6.03 Å². The lowest BCUT2D eigenvalue weighted by atomic mass is 10.0. The SMILES string of the molecule is CC(C)[C@H]1CN(c2ccc(C3CC3)cn2)C(=O)N1CC(=O)Nc1cc(C2CC2)ccn1. The molecule has 3 amide bonds. The third-order valence-corrected chi connectivity index (χ3v) is 6.53. The van der Waals surface area contributed by atoms with Crippen LogP contribution in [-0.4, -0.2) is 45.9 Å². The van der Waals surface area contributed by atoms with Gasteiger partial charge in [0.15, 0.2) is 0 Å². The number of carbonyl (C=O) groups is 2. The van der Waals surface area contributed by atoms with Crippen LogP contribution in [0.5, 0.6) is 0 Å². The van der Waals surface area contributed by atoms with E-state index in [1.54, 1.807) is 16.0 Å². The minimum atomic E-state index is -0.224. The summed E-state index contributed by atoms with van der Waals surface area (Å²) < 4.78 is 0. The molecule has 0 radical (unpaired) electrons. The van der Waals surface area contributed by atoms with Crippen molar-refractivity contribution in [2.75, 3.05) is 23.3 Å². The van der Waals surface area contributed by atoms with Crippen LogP contribution in [0, 0.1) is 5.92 Å². The highest BCUT2D eigenvalue weighted by atomic mass is 16.2. The van der Waals surface area contributed by atoms with E-state index in [-0.39, 0.29) is 30.4 Å². The average Bonchev–Trinajstić information content (AvgIpc) is 3.67. The van der Waals surface area contributed by atoms with Gasteiger partial charge in [0.2, 0.25) is 5.91 Å². The fraction of sp³-hybridized carbons (Fsp3) is 0.500. The summed E-state index contributed by atoms with van der Waals surface area (Å²) in [6.45, 7) is 4.70. The van der Waals surface area contributed by atoms with Gasteiger partial charge in [-0.05, 0) is 72.8 Å². The third-order valence-electron chi connectivity index (χ3n) is 6.53. The number of nitrogens with one attached hydrogen (secondary N) is 1. The average molecular weight is 420 g/mol. The molecule has 0 unspecified atom stereocenters. The zero-order valence-electron chi connectivity index (χ0n) is 18.1. The quantitative estimate of drug-likeness (QED) is 0.732. The van der Waals surface area contributed by atoms with Gasteiger partial charge in [-0.1, -0.05) is 19.9 Å². The summed E-state index contributed by atoms with van der Waals surface area (Å²) in [4.78, 5) is 38.2. The molecule has 3 fully saturated rings. The maximum atomic E-state index is 13.2. The third kappa shape index (κ3) is 4.27. The fourth-order valence-electron chi connectivity index (χ4n) is 4.35. The van der Waals surface area contributed by atoms with Gasteiger partial charge in [-0.25, -0.2) is 14.8 Å². The van der Waals surface area contributed by atoms with Crippen molar-refractivity contribution in [3.05, 3.63) is 47.8 Å². The Kier molecular flexibility index (Phi) is 5.12. The zero-order chi connectivity index (χ0) is 21.5. The van der Waals surface area contributed by atoms with Gasteiger partial charge in [-0.3, -0.25) is 9.69 Å². The predicted molar refractivity (Wildman–Crippen MR) is 119 cm³/mol. The molecule has 2 saturated carbocycles. The molecule has 7 heteroatoms. The van der Waals surface area contributed by atoms with E-state index in [0.29, 0.717) is 30.0 Å². The number of amides is 3. The molecule has 0 spiro atoms. The van der Waals surface area contributed by atoms with Crippen molar-refractivity contribution in [2.45, 2.75) is 57.4 Å². The van der Waals surface area contributed by atoms with Crippen molar-refractivity contribution in [2.24, 2.45) is 5.92 Å². The molecule has 1 saturated heterocycles. The summed E-state index contributed by atoms with van der Waals surface area (Å²) in [6.07, 6.45) is 8.46. The van der Waals surface area contributed by atoms with Crippen LogP contribution >= 0.6 is 0 Å². The minimum absolute atomic E-state index is 0.00761.